The molecule has 0 fully saturated rings. The Labute approximate surface area is 107 Å². The first-order valence-corrected chi connectivity index (χ1v) is 6.93. The zero-order chi connectivity index (χ0) is 12.4. The summed E-state index contributed by atoms with van der Waals surface area (Å²) in [6, 6.07) is 3.84. The molecule has 6 heteroatoms. The fourth-order valence-corrected chi connectivity index (χ4v) is 2.73. The predicted octanol–water partition coefficient (Wildman–Crippen LogP) is 2.93. The highest BCUT2D eigenvalue weighted by molar-refractivity contribution is 7.98. The quantitative estimate of drug-likeness (QED) is 0.683. The third-order valence-electron chi connectivity index (χ3n) is 2.21. The van der Waals surface area contributed by atoms with Crippen LogP contribution in [0.4, 0.5) is 0 Å². The molecule has 0 saturated carbocycles. The minimum absolute atomic E-state index is 0.192. The number of hydrogen-bond acceptors (Lipinski definition) is 5. The maximum absolute atomic E-state index is 11.1. The van der Waals surface area contributed by atoms with Crippen LogP contribution in [0.1, 0.15) is 16.1 Å². The Balaban J connectivity index is 2.60. The van der Waals surface area contributed by atoms with Gasteiger partial charge in [-0.15, -0.1) is 23.1 Å². The summed E-state index contributed by atoms with van der Waals surface area (Å²) >= 11 is 2.86. The average molecular weight is 266 g/mol. The lowest BCUT2D eigenvalue weighted by Crippen LogP contribution is -2.07. The molecule has 4 nitrogen and oxygen atoms in total. The van der Waals surface area contributed by atoms with Gasteiger partial charge in [0.15, 0.2) is 5.82 Å². The summed E-state index contributed by atoms with van der Waals surface area (Å²) < 4.78 is 0. The van der Waals surface area contributed by atoms with Gasteiger partial charge in [0.05, 0.1) is 10.6 Å². The van der Waals surface area contributed by atoms with E-state index in [0.29, 0.717) is 16.5 Å². The predicted molar refractivity (Wildman–Crippen MR) is 68.8 cm³/mol. The highest BCUT2D eigenvalue weighted by Crippen LogP contribution is 2.27. The van der Waals surface area contributed by atoms with Crippen molar-refractivity contribution in [1.29, 1.82) is 0 Å². The molecule has 2 aromatic rings. The minimum Gasteiger partial charge on any atom is -0.478 e. The van der Waals surface area contributed by atoms with E-state index in [9.17, 15) is 4.79 Å². The molecule has 0 aliphatic carbocycles. The molecule has 17 heavy (non-hydrogen) atoms. The summed E-state index contributed by atoms with van der Waals surface area (Å²) in [5, 5.41) is 11.6. The zero-order valence-electron chi connectivity index (χ0n) is 9.30. The van der Waals surface area contributed by atoms with Gasteiger partial charge in [-0.05, 0) is 24.6 Å². The Hall–Kier alpha value is -1.40. The first kappa shape index (κ1) is 12.1. The second-order valence-electron chi connectivity index (χ2n) is 3.30. The number of aromatic nitrogens is 2. The molecule has 0 atom stereocenters. The summed E-state index contributed by atoms with van der Waals surface area (Å²) in [4.78, 5) is 20.6. The number of rotatable bonds is 3. The van der Waals surface area contributed by atoms with Gasteiger partial charge in [-0.2, -0.15) is 0 Å². The van der Waals surface area contributed by atoms with Crippen molar-refractivity contribution in [3.8, 4) is 10.7 Å². The number of carbonyl (C=O) groups is 1. The monoisotopic (exact) mass is 266 g/mol. The number of aromatic carboxylic acids is 1. The van der Waals surface area contributed by atoms with Crippen LogP contribution in [0.15, 0.2) is 22.5 Å². The Bertz CT molecular complexity index is 553. The Kier molecular flexibility index (Phi) is 3.44. The second kappa shape index (κ2) is 4.85. The molecule has 0 aliphatic heterocycles. The van der Waals surface area contributed by atoms with Gasteiger partial charge in [-0.3, -0.25) is 0 Å². The number of aryl methyl sites for hydroxylation is 1. The van der Waals surface area contributed by atoms with Crippen molar-refractivity contribution < 1.29 is 9.90 Å². The molecule has 0 radical (unpaired) electrons. The zero-order valence-corrected chi connectivity index (χ0v) is 10.9. The fourth-order valence-electron chi connectivity index (χ4n) is 1.46. The maximum Gasteiger partial charge on any atom is 0.340 e. The van der Waals surface area contributed by atoms with Gasteiger partial charge in [0.1, 0.15) is 10.6 Å². The normalized spacial score (nSPS) is 10.5. The summed E-state index contributed by atoms with van der Waals surface area (Å²) in [5.74, 6) is -0.392. The number of thioether (sulfide) groups is 1. The maximum atomic E-state index is 11.1. The first-order chi connectivity index (χ1) is 8.13. The summed E-state index contributed by atoms with van der Waals surface area (Å²) in [6.45, 7) is 1.70. The van der Waals surface area contributed by atoms with Gasteiger partial charge in [0, 0.05) is 0 Å². The van der Waals surface area contributed by atoms with Crippen LogP contribution < -0.4 is 0 Å². The average Bonchev–Trinajstić information content (AvgIpc) is 2.80. The van der Waals surface area contributed by atoms with E-state index >= 15 is 0 Å². The molecule has 0 amide bonds. The molecule has 0 saturated heterocycles. The molecule has 0 spiro atoms. The van der Waals surface area contributed by atoms with Gasteiger partial charge in [0.25, 0.3) is 0 Å². The number of nitrogens with zero attached hydrogens (tertiary/aromatic N) is 2. The Morgan fingerprint density at radius 2 is 2.24 bits per heavy atom. The van der Waals surface area contributed by atoms with Crippen molar-refractivity contribution in [3.05, 3.63) is 28.8 Å². The van der Waals surface area contributed by atoms with Crippen LogP contribution in [0, 0.1) is 6.92 Å². The van der Waals surface area contributed by atoms with Crippen molar-refractivity contribution in [3.63, 3.8) is 0 Å². The third-order valence-corrected chi connectivity index (χ3v) is 3.75. The molecular formula is C11H10N2O2S2. The SMILES string of the molecule is CSc1nc(-c2cccs2)nc(C)c1C(=O)O. The van der Waals surface area contributed by atoms with Crippen LogP contribution in [0.25, 0.3) is 10.7 Å². The number of thiophene rings is 1. The summed E-state index contributed by atoms with van der Waals surface area (Å²) in [7, 11) is 0. The van der Waals surface area contributed by atoms with Crippen LogP contribution >= 0.6 is 23.1 Å². The lowest BCUT2D eigenvalue weighted by Gasteiger charge is -2.07. The molecule has 2 aromatic heterocycles. The molecule has 0 aliphatic rings. The molecule has 2 rings (SSSR count). The smallest absolute Gasteiger partial charge is 0.340 e. The first-order valence-electron chi connectivity index (χ1n) is 4.83. The van der Waals surface area contributed by atoms with E-state index < -0.39 is 5.97 Å². The van der Waals surface area contributed by atoms with Gasteiger partial charge in [-0.1, -0.05) is 6.07 Å². The Morgan fingerprint density at radius 3 is 2.76 bits per heavy atom. The lowest BCUT2D eigenvalue weighted by molar-refractivity contribution is 0.0691. The number of carboxylic acids is 1. The van der Waals surface area contributed by atoms with Crippen molar-refractivity contribution in [2.24, 2.45) is 0 Å². The molecular weight excluding hydrogens is 256 g/mol. The molecule has 0 unspecified atom stereocenters. The molecule has 0 bridgehead atoms. The highest BCUT2D eigenvalue weighted by Gasteiger charge is 2.18. The fraction of sp³-hybridized carbons (Fsp3) is 0.182. The van der Waals surface area contributed by atoms with E-state index in [1.165, 1.54) is 23.1 Å². The lowest BCUT2D eigenvalue weighted by atomic mass is 10.2. The highest BCUT2D eigenvalue weighted by atomic mass is 32.2. The van der Waals surface area contributed by atoms with E-state index in [-0.39, 0.29) is 5.56 Å². The van der Waals surface area contributed by atoms with E-state index in [1.807, 2.05) is 23.8 Å². The van der Waals surface area contributed by atoms with Gasteiger partial charge in [0.2, 0.25) is 0 Å². The van der Waals surface area contributed by atoms with Crippen LogP contribution in [-0.2, 0) is 0 Å². The molecule has 0 aromatic carbocycles. The van der Waals surface area contributed by atoms with E-state index in [2.05, 4.69) is 9.97 Å². The Morgan fingerprint density at radius 1 is 1.47 bits per heavy atom. The van der Waals surface area contributed by atoms with Crippen LogP contribution in [0.5, 0.6) is 0 Å². The van der Waals surface area contributed by atoms with E-state index in [1.54, 1.807) is 6.92 Å². The van der Waals surface area contributed by atoms with Crippen LogP contribution in [-0.4, -0.2) is 27.3 Å². The third kappa shape index (κ3) is 2.32. The summed E-state index contributed by atoms with van der Waals surface area (Å²) in [5.41, 5.74) is 0.693. The van der Waals surface area contributed by atoms with Crippen molar-refractivity contribution in [2.45, 2.75) is 11.9 Å². The van der Waals surface area contributed by atoms with Crippen molar-refractivity contribution in [1.82, 2.24) is 9.97 Å². The minimum atomic E-state index is -0.982. The number of hydrogen-bond donors (Lipinski definition) is 1. The molecule has 88 valence electrons. The van der Waals surface area contributed by atoms with Crippen LogP contribution in [0.3, 0.4) is 0 Å². The van der Waals surface area contributed by atoms with Gasteiger partial charge in [-0.25, -0.2) is 14.8 Å². The topological polar surface area (TPSA) is 63.1 Å². The number of carboxylic acid groups (broad SMARTS) is 1. The molecule has 1 N–H and O–H groups in total. The van der Waals surface area contributed by atoms with Crippen molar-refractivity contribution in [2.75, 3.05) is 6.26 Å². The van der Waals surface area contributed by atoms with E-state index in [4.69, 9.17) is 5.11 Å². The van der Waals surface area contributed by atoms with E-state index in [0.717, 1.165) is 4.88 Å². The van der Waals surface area contributed by atoms with Crippen LogP contribution in [0.2, 0.25) is 0 Å². The standard InChI is InChI=1S/C11H10N2O2S2/c1-6-8(11(14)15)10(16-2)13-9(12-6)7-4-3-5-17-7/h3-5H,1-2H3,(H,14,15). The second-order valence-corrected chi connectivity index (χ2v) is 5.04. The van der Waals surface area contributed by atoms with Crippen molar-refractivity contribution >= 4 is 29.1 Å². The summed E-state index contributed by atoms with van der Waals surface area (Å²) in [6.07, 6.45) is 1.81. The van der Waals surface area contributed by atoms with Gasteiger partial charge < -0.3 is 5.11 Å². The largest absolute Gasteiger partial charge is 0.478 e. The van der Waals surface area contributed by atoms with Gasteiger partial charge >= 0.3 is 5.97 Å². The molecule has 2 heterocycles.